The third kappa shape index (κ3) is 1.99. The quantitative estimate of drug-likeness (QED) is 0.780. The normalized spacial score (nSPS) is 19.8. The molecule has 1 atom stereocenters. The first-order valence-electron chi connectivity index (χ1n) is 5.67. The molecule has 0 radical (unpaired) electrons. The Balaban J connectivity index is 1.84. The number of nitrogens with two attached hydrogens (primary N) is 1. The van der Waals surface area contributed by atoms with Crippen LogP contribution < -0.4 is 10.6 Å². The molecule has 1 unspecified atom stereocenters. The molecule has 88 valence electrons. The van der Waals surface area contributed by atoms with Crippen LogP contribution >= 0.6 is 0 Å². The Kier molecular flexibility index (Phi) is 2.49. The predicted octanol–water partition coefficient (Wildman–Crippen LogP) is 0.404. The lowest BCUT2D eigenvalue weighted by atomic mass is 10.3. The first-order chi connectivity index (χ1) is 8.33. The molecule has 1 aliphatic heterocycles. The van der Waals surface area contributed by atoms with Crippen LogP contribution in [0.2, 0.25) is 0 Å². The highest BCUT2D eigenvalue weighted by atomic mass is 15.4. The van der Waals surface area contributed by atoms with Crippen molar-refractivity contribution < 1.29 is 0 Å². The molecular weight excluding hydrogens is 216 g/mol. The van der Waals surface area contributed by atoms with Crippen LogP contribution in [0.5, 0.6) is 0 Å². The molecule has 6 heteroatoms. The van der Waals surface area contributed by atoms with Gasteiger partial charge in [0.05, 0.1) is 0 Å². The minimum absolute atomic E-state index is 0.229. The minimum Gasteiger partial charge on any atom is -0.338 e. The van der Waals surface area contributed by atoms with Crippen LogP contribution in [-0.2, 0) is 0 Å². The molecule has 2 aromatic heterocycles. The standard InChI is InChI=1S/C11H14N6/c12-8-4-6-17(7-8)11-14-10(15-16-11)9-3-1-2-5-13-9/h1-3,5,8H,4,6-7,12H2,(H,14,15,16). The minimum atomic E-state index is 0.229. The number of aromatic nitrogens is 4. The summed E-state index contributed by atoms with van der Waals surface area (Å²) in [7, 11) is 0. The highest BCUT2D eigenvalue weighted by Crippen LogP contribution is 2.18. The maximum absolute atomic E-state index is 5.86. The summed E-state index contributed by atoms with van der Waals surface area (Å²) in [5.74, 6) is 1.40. The Morgan fingerprint density at radius 2 is 2.35 bits per heavy atom. The van der Waals surface area contributed by atoms with Crippen molar-refractivity contribution in [3.63, 3.8) is 0 Å². The van der Waals surface area contributed by atoms with Crippen molar-refractivity contribution in [2.75, 3.05) is 18.0 Å². The van der Waals surface area contributed by atoms with Gasteiger partial charge in [-0.15, -0.1) is 5.10 Å². The zero-order valence-electron chi connectivity index (χ0n) is 9.37. The summed E-state index contributed by atoms with van der Waals surface area (Å²) in [5, 5.41) is 7.11. The third-order valence-electron chi connectivity index (χ3n) is 2.89. The molecular formula is C11H14N6. The van der Waals surface area contributed by atoms with Gasteiger partial charge < -0.3 is 10.6 Å². The fourth-order valence-electron chi connectivity index (χ4n) is 1.98. The van der Waals surface area contributed by atoms with Crippen LogP contribution in [0.15, 0.2) is 24.4 Å². The van der Waals surface area contributed by atoms with E-state index in [0.29, 0.717) is 11.8 Å². The molecule has 0 bridgehead atoms. The van der Waals surface area contributed by atoms with E-state index in [1.807, 2.05) is 18.2 Å². The van der Waals surface area contributed by atoms with Crippen LogP contribution in [0.4, 0.5) is 5.95 Å². The average molecular weight is 230 g/mol. The number of hydrogen-bond acceptors (Lipinski definition) is 5. The van der Waals surface area contributed by atoms with Gasteiger partial charge in [0.25, 0.3) is 0 Å². The smallest absolute Gasteiger partial charge is 0.245 e. The van der Waals surface area contributed by atoms with E-state index in [4.69, 9.17) is 5.73 Å². The van der Waals surface area contributed by atoms with Crippen molar-refractivity contribution in [3.8, 4) is 11.5 Å². The summed E-state index contributed by atoms with van der Waals surface area (Å²) in [6.45, 7) is 1.74. The van der Waals surface area contributed by atoms with E-state index in [1.54, 1.807) is 6.20 Å². The molecule has 3 N–H and O–H groups in total. The Bertz CT molecular complexity index is 494. The number of anilines is 1. The first-order valence-corrected chi connectivity index (χ1v) is 5.67. The van der Waals surface area contributed by atoms with E-state index in [-0.39, 0.29) is 6.04 Å². The maximum Gasteiger partial charge on any atom is 0.245 e. The summed E-state index contributed by atoms with van der Waals surface area (Å²) >= 11 is 0. The molecule has 1 fully saturated rings. The Morgan fingerprint density at radius 3 is 3.06 bits per heavy atom. The summed E-state index contributed by atoms with van der Waals surface area (Å²) in [5.41, 5.74) is 6.66. The van der Waals surface area contributed by atoms with Crippen LogP contribution in [0.25, 0.3) is 11.5 Å². The summed E-state index contributed by atoms with van der Waals surface area (Å²) in [4.78, 5) is 10.8. The van der Waals surface area contributed by atoms with E-state index >= 15 is 0 Å². The molecule has 0 aliphatic carbocycles. The van der Waals surface area contributed by atoms with Gasteiger partial charge in [-0.05, 0) is 18.6 Å². The Morgan fingerprint density at radius 1 is 1.41 bits per heavy atom. The third-order valence-corrected chi connectivity index (χ3v) is 2.89. The fourth-order valence-corrected chi connectivity index (χ4v) is 1.98. The SMILES string of the molecule is NC1CCN(c2n[nH]c(-c3ccccn3)n2)C1. The summed E-state index contributed by atoms with van der Waals surface area (Å²) in [6, 6.07) is 5.93. The number of rotatable bonds is 2. The molecule has 0 amide bonds. The lowest BCUT2D eigenvalue weighted by Gasteiger charge is -2.11. The second kappa shape index (κ2) is 4.14. The van der Waals surface area contributed by atoms with Crippen molar-refractivity contribution in [1.29, 1.82) is 0 Å². The lowest BCUT2D eigenvalue weighted by Crippen LogP contribution is -2.26. The zero-order valence-corrected chi connectivity index (χ0v) is 9.37. The van der Waals surface area contributed by atoms with Crippen LogP contribution in [0.3, 0.4) is 0 Å². The highest BCUT2D eigenvalue weighted by Gasteiger charge is 2.22. The second-order valence-electron chi connectivity index (χ2n) is 4.19. The molecule has 1 saturated heterocycles. The lowest BCUT2D eigenvalue weighted by molar-refractivity contribution is 0.750. The van der Waals surface area contributed by atoms with Crippen molar-refractivity contribution in [1.82, 2.24) is 20.2 Å². The first kappa shape index (κ1) is 10.2. The topological polar surface area (TPSA) is 83.7 Å². The molecule has 1 aliphatic rings. The molecule has 0 saturated carbocycles. The van der Waals surface area contributed by atoms with E-state index in [2.05, 4.69) is 25.1 Å². The van der Waals surface area contributed by atoms with Gasteiger partial charge in [0.2, 0.25) is 5.95 Å². The molecule has 17 heavy (non-hydrogen) atoms. The van der Waals surface area contributed by atoms with Crippen molar-refractivity contribution in [2.45, 2.75) is 12.5 Å². The van der Waals surface area contributed by atoms with Crippen molar-refractivity contribution in [2.24, 2.45) is 5.73 Å². The largest absolute Gasteiger partial charge is 0.338 e. The van der Waals surface area contributed by atoms with Gasteiger partial charge in [-0.1, -0.05) is 6.07 Å². The van der Waals surface area contributed by atoms with Crippen molar-refractivity contribution in [3.05, 3.63) is 24.4 Å². The second-order valence-corrected chi connectivity index (χ2v) is 4.19. The molecule has 3 rings (SSSR count). The molecule has 0 aromatic carbocycles. The zero-order chi connectivity index (χ0) is 11.7. The number of nitrogens with zero attached hydrogens (tertiary/aromatic N) is 4. The van der Waals surface area contributed by atoms with Gasteiger partial charge >= 0.3 is 0 Å². The number of nitrogens with one attached hydrogen (secondary N) is 1. The van der Waals surface area contributed by atoms with E-state index in [9.17, 15) is 0 Å². The molecule has 2 aromatic rings. The van der Waals surface area contributed by atoms with Crippen LogP contribution in [0.1, 0.15) is 6.42 Å². The number of aromatic amines is 1. The van der Waals surface area contributed by atoms with Gasteiger partial charge in [-0.2, -0.15) is 4.98 Å². The predicted molar refractivity (Wildman–Crippen MR) is 64.4 cm³/mol. The molecule has 0 spiro atoms. The van der Waals surface area contributed by atoms with E-state index in [1.165, 1.54) is 0 Å². The molecule has 3 heterocycles. The van der Waals surface area contributed by atoms with Crippen molar-refractivity contribution >= 4 is 5.95 Å². The Hall–Kier alpha value is -1.95. The van der Waals surface area contributed by atoms with E-state index in [0.717, 1.165) is 25.2 Å². The van der Waals surface area contributed by atoms with Gasteiger partial charge in [-0.3, -0.25) is 10.1 Å². The highest BCUT2D eigenvalue weighted by molar-refractivity contribution is 5.50. The van der Waals surface area contributed by atoms with Crippen LogP contribution in [0, 0.1) is 0 Å². The number of hydrogen-bond donors (Lipinski definition) is 2. The van der Waals surface area contributed by atoms with Gasteiger partial charge in [-0.25, -0.2) is 0 Å². The maximum atomic E-state index is 5.86. The molecule has 6 nitrogen and oxygen atoms in total. The number of H-pyrrole nitrogens is 1. The Labute approximate surface area is 98.9 Å². The van der Waals surface area contributed by atoms with Gasteiger partial charge in [0.15, 0.2) is 5.82 Å². The van der Waals surface area contributed by atoms with E-state index < -0.39 is 0 Å². The van der Waals surface area contributed by atoms with Gasteiger partial charge in [0.1, 0.15) is 5.69 Å². The summed E-state index contributed by atoms with van der Waals surface area (Å²) in [6.07, 6.45) is 2.73. The fraction of sp³-hybridized carbons (Fsp3) is 0.364. The monoisotopic (exact) mass is 230 g/mol. The van der Waals surface area contributed by atoms with Gasteiger partial charge in [0, 0.05) is 25.3 Å². The number of pyridine rings is 1. The van der Waals surface area contributed by atoms with Crippen LogP contribution in [-0.4, -0.2) is 39.3 Å². The summed E-state index contributed by atoms with van der Waals surface area (Å²) < 4.78 is 0. The average Bonchev–Trinajstić information content (AvgIpc) is 2.98.